The summed E-state index contributed by atoms with van der Waals surface area (Å²) < 4.78 is 28.3. The predicted octanol–water partition coefficient (Wildman–Crippen LogP) is 5.81. The lowest BCUT2D eigenvalue weighted by molar-refractivity contribution is -0.384. The van der Waals surface area contributed by atoms with Gasteiger partial charge in [0.25, 0.3) is 5.69 Å². The highest BCUT2D eigenvalue weighted by atomic mass is 16.6. The molecule has 0 aliphatic carbocycles. The van der Waals surface area contributed by atoms with Gasteiger partial charge in [0, 0.05) is 62.7 Å². The summed E-state index contributed by atoms with van der Waals surface area (Å²) >= 11 is 0. The van der Waals surface area contributed by atoms with Crippen LogP contribution in [0.25, 0.3) is 0 Å². The maximum atomic E-state index is 16.9. The lowest BCUT2D eigenvalue weighted by Crippen LogP contribution is -2.59. The van der Waals surface area contributed by atoms with Crippen molar-refractivity contribution in [3.8, 4) is 17.6 Å². The standard InChI is InChI=1S/C59H53N7O14/c1-76-53(69)44(54(70)77-2)19-9-12-37-22-25-46-45(34-37)59(56(72)64(46)58(73)79-36-38-20-23-42(24-21-38)66(74)75)47(52(68)62-28-30-63(31-29-62)57-60-26-11-27-61-57)49-55(71)80-50(40-15-7-4-8-16-40)48(39-13-5-3-6-14-39)65(49)51(59)41-17-10-18-43(35-41)78-33-32-67/h3-8,10-11,13-18,20-27,34-35,44,47-51,67H,19,28-33,36H2,1-2H3. The first-order chi connectivity index (χ1) is 38.9. The lowest BCUT2D eigenvalue weighted by atomic mass is 9.64. The van der Waals surface area contributed by atoms with Crippen LogP contribution in [0.4, 0.5) is 22.1 Å². The number of nitro benzene ring substituents is 1. The van der Waals surface area contributed by atoms with Gasteiger partial charge in [0.1, 0.15) is 36.5 Å². The number of aliphatic hydroxyl groups excluding tert-OH is 1. The van der Waals surface area contributed by atoms with E-state index in [-0.39, 0.29) is 74.1 Å². The van der Waals surface area contributed by atoms with E-state index in [0.29, 0.717) is 28.2 Å². The number of amides is 3. The van der Waals surface area contributed by atoms with Crippen molar-refractivity contribution in [2.75, 3.05) is 63.4 Å². The van der Waals surface area contributed by atoms with Crippen molar-refractivity contribution in [1.29, 1.82) is 0 Å². The third-order valence-corrected chi connectivity index (χ3v) is 14.9. The molecule has 0 bridgehead atoms. The molecule has 6 unspecified atom stereocenters. The largest absolute Gasteiger partial charge is 0.491 e. The molecule has 80 heavy (non-hydrogen) atoms. The van der Waals surface area contributed by atoms with Gasteiger partial charge in [-0.15, -0.1) is 0 Å². The van der Waals surface area contributed by atoms with E-state index in [9.17, 15) is 24.8 Å². The van der Waals surface area contributed by atoms with E-state index in [1.165, 1.54) is 36.4 Å². The number of esters is 3. The third kappa shape index (κ3) is 10.0. The summed E-state index contributed by atoms with van der Waals surface area (Å²) in [5.41, 5.74) is -0.130. The molecule has 3 saturated heterocycles. The number of imide groups is 1. The lowest BCUT2D eigenvalue weighted by Gasteiger charge is -2.46. The zero-order valence-corrected chi connectivity index (χ0v) is 43.4. The molecule has 1 N–H and O–H groups in total. The summed E-state index contributed by atoms with van der Waals surface area (Å²) in [6.07, 6.45) is 0.685. The minimum Gasteiger partial charge on any atom is -0.491 e. The van der Waals surface area contributed by atoms with Crippen LogP contribution in [0, 0.1) is 33.8 Å². The Bertz CT molecular complexity index is 3370. The number of benzene rings is 5. The van der Waals surface area contributed by atoms with Gasteiger partial charge in [0.05, 0.1) is 49.4 Å². The zero-order chi connectivity index (χ0) is 56.1. The molecular weight excluding hydrogens is 1030 g/mol. The number of nitrogens with zero attached hydrogens (tertiary/aromatic N) is 7. The molecule has 0 radical (unpaired) electrons. The van der Waals surface area contributed by atoms with Crippen molar-refractivity contribution in [2.45, 2.75) is 42.7 Å². The molecule has 5 heterocycles. The van der Waals surface area contributed by atoms with Crippen LogP contribution in [0.15, 0.2) is 146 Å². The van der Waals surface area contributed by atoms with Crippen LogP contribution in [0.3, 0.4) is 0 Å². The van der Waals surface area contributed by atoms with Gasteiger partial charge in [-0.1, -0.05) is 84.6 Å². The number of carbonyl (C=O) groups is 6. The molecule has 3 amide bonds. The highest BCUT2D eigenvalue weighted by molar-refractivity contribution is 6.23. The van der Waals surface area contributed by atoms with E-state index >= 15 is 19.2 Å². The third-order valence-electron chi connectivity index (χ3n) is 14.9. The molecule has 1 aromatic heterocycles. The number of hydrogen-bond acceptors (Lipinski definition) is 18. The van der Waals surface area contributed by atoms with Crippen LogP contribution >= 0.6 is 0 Å². The Morgan fingerprint density at radius 2 is 1.46 bits per heavy atom. The average Bonchev–Trinajstić information content (AvgIpc) is 4.11. The molecule has 6 aromatic rings. The fraction of sp³-hybridized carbons (Fsp3) is 0.288. The first-order valence-corrected chi connectivity index (χ1v) is 25.6. The second-order valence-electron chi connectivity index (χ2n) is 19.2. The number of rotatable bonds is 14. The van der Waals surface area contributed by atoms with E-state index in [4.69, 9.17) is 23.7 Å². The van der Waals surface area contributed by atoms with Crippen LogP contribution in [-0.4, -0.2) is 125 Å². The molecule has 6 atom stereocenters. The molecule has 5 aromatic carbocycles. The van der Waals surface area contributed by atoms with Crippen molar-refractivity contribution in [3.05, 3.63) is 189 Å². The summed E-state index contributed by atoms with van der Waals surface area (Å²) in [5.74, 6) is -0.584. The highest BCUT2D eigenvalue weighted by Gasteiger charge is 2.76. The minimum absolute atomic E-state index is 0.0122. The van der Waals surface area contributed by atoms with Crippen molar-refractivity contribution >= 4 is 53.1 Å². The molecule has 1 spiro atoms. The topological polar surface area (TPSA) is 251 Å². The van der Waals surface area contributed by atoms with Crippen LogP contribution in [0.1, 0.15) is 58.0 Å². The van der Waals surface area contributed by atoms with Gasteiger partial charge in [-0.3, -0.25) is 39.0 Å². The molecule has 21 nitrogen and oxygen atoms in total. The number of nitro groups is 1. The van der Waals surface area contributed by atoms with Gasteiger partial charge in [-0.25, -0.2) is 19.7 Å². The van der Waals surface area contributed by atoms with Crippen LogP contribution in [-0.2, 0) is 54.9 Å². The van der Waals surface area contributed by atoms with E-state index in [1.807, 2.05) is 70.5 Å². The van der Waals surface area contributed by atoms with Crippen LogP contribution < -0.4 is 14.5 Å². The summed E-state index contributed by atoms with van der Waals surface area (Å²) in [5, 5.41) is 21.4. The molecule has 3 fully saturated rings. The Morgan fingerprint density at radius 3 is 2.11 bits per heavy atom. The van der Waals surface area contributed by atoms with Crippen LogP contribution in [0.5, 0.6) is 5.75 Å². The fourth-order valence-electron chi connectivity index (χ4n) is 11.4. The van der Waals surface area contributed by atoms with Crippen molar-refractivity contribution in [3.63, 3.8) is 0 Å². The van der Waals surface area contributed by atoms with E-state index in [1.54, 1.807) is 53.7 Å². The number of aliphatic hydroxyl groups is 1. The summed E-state index contributed by atoms with van der Waals surface area (Å²) in [6, 6.07) is 32.9. The SMILES string of the molecule is COC(=O)C(CC#Cc1ccc2c(c1)C1(C(=O)N2C(=O)OCc2ccc([N+](=O)[O-])cc2)C(C(=O)N2CCN(c3ncccn3)CC2)C2C(=O)OC(c3ccccc3)C(c3ccccc3)N2C1c1cccc(OCCO)c1)C(=O)OC. The van der Waals surface area contributed by atoms with Gasteiger partial charge < -0.3 is 38.6 Å². The molecule has 10 rings (SSSR count). The number of methoxy groups -OCH3 is 2. The summed E-state index contributed by atoms with van der Waals surface area (Å²) in [7, 11) is 2.25. The number of non-ortho nitro benzene ring substituents is 1. The Hall–Kier alpha value is -9.52. The van der Waals surface area contributed by atoms with E-state index in [0.717, 1.165) is 19.1 Å². The van der Waals surface area contributed by atoms with Gasteiger partial charge in [0.15, 0.2) is 5.92 Å². The zero-order valence-electron chi connectivity index (χ0n) is 43.4. The molecule has 4 aliphatic rings. The predicted molar refractivity (Wildman–Crippen MR) is 284 cm³/mol. The first-order valence-electron chi connectivity index (χ1n) is 25.6. The number of cyclic esters (lactones) is 1. The highest BCUT2D eigenvalue weighted by Crippen LogP contribution is 2.66. The van der Waals surface area contributed by atoms with Gasteiger partial charge in [0.2, 0.25) is 17.8 Å². The first kappa shape index (κ1) is 53.9. The molecule has 4 aliphatic heterocycles. The molecule has 408 valence electrons. The smallest absolute Gasteiger partial charge is 0.421 e. The van der Waals surface area contributed by atoms with Crippen LogP contribution in [0.2, 0.25) is 0 Å². The average molecular weight is 1080 g/mol. The maximum absolute atomic E-state index is 16.9. The Labute approximate surface area is 458 Å². The number of ether oxygens (including phenoxy) is 5. The van der Waals surface area contributed by atoms with Crippen molar-refractivity contribution in [1.82, 2.24) is 19.8 Å². The fourth-order valence-corrected chi connectivity index (χ4v) is 11.4. The second-order valence-corrected chi connectivity index (χ2v) is 19.2. The normalized spacial score (nSPS) is 21.2. The second kappa shape index (κ2) is 23.2. The van der Waals surface area contributed by atoms with E-state index in [2.05, 4.69) is 21.8 Å². The van der Waals surface area contributed by atoms with E-state index < -0.39 is 88.8 Å². The Morgan fingerprint density at radius 1 is 0.800 bits per heavy atom. The Kier molecular flexibility index (Phi) is 15.6. The molecule has 0 saturated carbocycles. The minimum atomic E-state index is -2.26. The van der Waals surface area contributed by atoms with Gasteiger partial charge in [-0.05, 0) is 76.3 Å². The monoisotopic (exact) mass is 1080 g/mol. The molecule has 21 heteroatoms. The molecular formula is C59H53N7O14. The number of piperazine rings is 1. The summed E-state index contributed by atoms with van der Waals surface area (Å²) in [4.78, 5) is 116. The maximum Gasteiger partial charge on any atom is 0.421 e. The van der Waals surface area contributed by atoms with Crippen molar-refractivity contribution < 1.29 is 62.5 Å². The number of anilines is 2. The number of aromatic nitrogens is 2. The number of carbonyl (C=O) groups excluding carboxylic acids is 6. The number of fused-ring (bicyclic) bond motifs is 3. The number of hydrogen-bond donors (Lipinski definition) is 1. The summed E-state index contributed by atoms with van der Waals surface area (Å²) in [6.45, 7) is -0.126. The van der Waals surface area contributed by atoms with Gasteiger partial charge >= 0.3 is 24.0 Å². The van der Waals surface area contributed by atoms with Gasteiger partial charge in [-0.2, -0.15) is 0 Å². The number of morpholine rings is 1. The Balaban J connectivity index is 1.22. The van der Waals surface area contributed by atoms with Crippen molar-refractivity contribution in [2.24, 2.45) is 11.8 Å². The quantitative estimate of drug-likeness (QED) is 0.0337.